The Morgan fingerprint density at radius 2 is 1.31 bits per heavy atom. The molecular formula is C20H31N3O3. The minimum Gasteiger partial charge on any atom is -0.350 e. The van der Waals surface area contributed by atoms with E-state index < -0.39 is 0 Å². The van der Waals surface area contributed by atoms with Crippen molar-refractivity contribution in [2.24, 2.45) is 0 Å². The van der Waals surface area contributed by atoms with Crippen LogP contribution in [-0.4, -0.2) is 23.8 Å². The van der Waals surface area contributed by atoms with Crippen LogP contribution < -0.4 is 16.0 Å². The number of unbranched alkanes of at least 4 members (excludes halogenated alkanes) is 2. The average Bonchev–Trinajstić information content (AvgIpc) is 2.57. The molecule has 0 fully saturated rings. The second-order valence-electron chi connectivity index (χ2n) is 6.73. The summed E-state index contributed by atoms with van der Waals surface area (Å²) >= 11 is 0. The van der Waals surface area contributed by atoms with E-state index in [1.165, 1.54) is 0 Å². The number of hydrogen-bond donors (Lipinski definition) is 3. The first-order valence-corrected chi connectivity index (χ1v) is 9.41. The smallest absolute Gasteiger partial charge is 0.251 e. The highest BCUT2D eigenvalue weighted by Crippen LogP contribution is 2.20. The first-order chi connectivity index (χ1) is 12.3. The third-order valence-electron chi connectivity index (χ3n) is 3.70. The summed E-state index contributed by atoms with van der Waals surface area (Å²) in [6.45, 7) is 7.80. The number of rotatable bonds is 10. The molecule has 1 aromatic carbocycles. The summed E-state index contributed by atoms with van der Waals surface area (Å²) in [5.74, 6) is -0.443. The molecule has 1 rings (SSSR count). The monoisotopic (exact) mass is 361 g/mol. The molecule has 6 heteroatoms. The maximum Gasteiger partial charge on any atom is 0.251 e. The van der Waals surface area contributed by atoms with Crippen molar-refractivity contribution in [1.29, 1.82) is 0 Å². The molecule has 0 aliphatic rings. The summed E-state index contributed by atoms with van der Waals surface area (Å²) in [7, 11) is 0. The minimum absolute atomic E-state index is 0.00658. The van der Waals surface area contributed by atoms with Crippen molar-refractivity contribution >= 4 is 29.1 Å². The lowest BCUT2D eigenvalue weighted by Gasteiger charge is -2.13. The van der Waals surface area contributed by atoms with E-state index in [-0.39, 0.29) is 23.8 Å². The van der Waals surface area contributed by atoms with E-state index in [1.54, 1.807) is 18.2 Å². The standard InChI is InChI=1S/C20H31N3O3/c1-5-7-9-18(24)22-16-11-15(20(26)21-14(3)4)12-17(13-16)23-19(25)10-8-6-2/h11-14H,5-10H2,1-4H3,(H,21,26)(H,22,24)(H,23,25). The van der Waals surface area contributed by atoms with Crippen LogP contribution in [0.1, 0.15) is 76.6 Å². The van der Waals surface area contributed by atoms with E-state index in [0.29, 0.717) is 29.8 Å². The molecule has 0 heterocycles. The fourth-order valence-electron chi connectivity index (χ4n) is 2.37. The lowest BCUT2D eigenvalue weighted by atomic mass is 10.1. The zero-order chi connectivity index (χ0) is 19.5. The van der Waals surface area contributed by atoms with E-state index in [1.807, 2.05) is 27.7 Å². The van der Waals surface area contributed by atoms with Crippen LogP contribution in [0.3, 0.4) is 0 Å². The van der Waals surface area contributed by atoms with Crippen LogP contribution in [0.25, 0.3) is 0 Å². The van der Waals surface area contributed by atoms with E-state index in [2.05, 4.69) is 16.0 Å². The second-order valence-corrected chi connectivity index (χ2v) is 6.73. The van der Waals surface area contributed by atoms with Crippen LogP contribution in [-0.2, 0) is 9.59 Å². The van der Waals surface area contributed by atoms with Gasteiger partial charge in [0.25, 0.3) is 5.91 Å². The third-order valence-corrected chi connectivity index (χ3v) is 3.70. The van der Waals surface area contributed by atoms with Crippen molar-refractivity contribution in [3.8, 4) is 0 Å². The van der Waals surface area contributed by atoms with Gasteiger partial charge in [-0.3, -0.25) is 14.4 Å². The maximum atomic E-state index is 12.3. The van der Waals surface area contributed by atoms with Crippen LogP contribution in [0.5, 0.6) is 0 Å². The molecule has 3 amide bonds. The zero-order valence-electron chi connectivity index (χ0n) is 16.3. The Bertz CT molecular complexity index is 586. The Balaban J connectivity index is 2.99. The highest BCUT2D eigenvalue weighted by Gasteiger charge is 2.13. The minimum atomic E-state index is -0.242. The van der Waals surface area contributed by atoms with Gasteiger partial charge in [0.15, 0.2) is 0 Å². The van der Waals surface area contributed by atoms with Gasteiger partial charge < -0.3 is 16.0 Å². The molecule has 1 aromatic rings. The van der Waals surface area contributed by atoms with Gasteiger partial charge in [-0.05, 0) is 44.9 Å². The topological polar surface area (TPSA) is 87.3 Å². The average molecular weight is 361 g/mol. The molecule has 0 unspecified atom stereocenters. The lowest BCUT2D eigenvalue weighted by Crippen LogP contribution is -2.30. The molecule has 0 atom stereocenters. The van der Waals surface area contributed by atoms with Gasteiger partial charge in [0.2, 0.25) is 11.8 Å². The van der Waals surface area contributed by atoms with Crippen molar-refractivity contribution in [3.63, 3.8) is 0 Å². The predicted molar refractivity (Wildman–Crippen MR) is 105 cm³/mol. The number of amides is 3. The van der Waals surface area contributed by atoms with Crippen molar-refractivity contribution in [2.45, 2.75) is 72.3 Å². The third kappa shape index (κ3) is 8.14. The van der Waals surface area contributed by atoms with Crippen molar-refractivity contribution in [1.82, 2.24) is 5.32 Å². The SMILES string of the molecule is CCCCC(=O)Nc1cc(NC(=O)CCCC)cc(C(=O)NC(C)C)c1. The summed E-state index contributed by atoms with van der Waals surface area (Å²) in [5.41, 5.74) is 1.42. The van der Waals surface area contributed by atoms with Gasteiger partial charge in [-0.15, -0.1) is 0 Å². The molecule has 0 aliphatic carbocycles. The van der Waals surface area contributed by atoms with Crippen LogP contribution in [0, 0.1) is 0 Å². The Kier molecular flexibility index (Phi) is 9.41. The summed E-state index contributed by atoms with van der Waals surface area (Å²) in [5, 5.41) is 8.45. The second kappa shape index (κ2) is 11.3. The summed E-state index contributed by atoms with van der Waals surface area (Å²) < 4.78 is 0. The number of anilines is 2. The van der Waals surface area contributed by atoms with Gasteiger partial charge in [0, 0.05) is 35.8 Å². The lowest BCUT2D eigenvalue weighted by molar-refractivity contribution is -0.117. The van der Waals surface area contributed by atoms with Crippen molar-refractivity contribution in [2.75, 3.05) is 10.6 Å². The van der Waals surface area contributed by atoms with Crippen LogP contribution >= 0.6 is 0 Å². The Morgan fingerprint density at radius 3 is 1.69 bits per heavy atom. The Morgan fingerprint density at radius 1 is 0.846 bits per heavy atom. The number of benzene rings is 1. The van der Waals surface area contributed by atoms with Crippen LogP contribution in [0.15, 0.2) is 18.2 Å². The van der Waals surface area contributed by atoms with Gasteiger partial charge in [-0.25, -0.2) is 0 Å². The largest absolute Gasteiger partial charge is 0.350 e. The molecule has 3 N–H and O–H groups in total. The molecular weight excluding hydrogens is 330 g/mol. The fraction of sp³-hybridized carbons (Fsp3) is 0.550. The fourth-order valence-corrected chi connectivity index (χ4v) is 2.37. The molecule has 26 heavy (non-hydrogen) atoms. The molecule has 144 valence electrons. The highest BCUT2D eigenvalue weighted by atomic mass is 16.2. The number of hydrogen-bond acceptors (Lipinski definition) is 3. The summed E-state index contributed by atoms with van der Waals surface area (Å²) in [4.78, 5) is 36.4. The molecule has 6 nitrogen and oxygen atoms in total. The van der Waals surface area contributed by atoms with E-state index in [9.17, 15) is 14.4 Å². The van der Waals surface area contributed by atoms with Crippen LogP contribution in [0.2, 0.25) is 0 Å². The van der Waals surface area contributed by atoms with E-state index in [4.69, 9.17) is 0 Å². The van der Waals surface area contributed by atoms with Crippen molar-refractivity contribution < 1.29 is 14.4 Å². The molecule has 0 aromatic heterocycles. The summed E-state index contributed by atoms with van der Waals surface area (Å²) in [6.07, 6.45) is 4.33. The molecule has 0 spiro atoms. The van der Waals surface area contributed by atoms with Gasteiger partial charge in [-0.2, -0.15) is 0 Å². The predicted octanol–water partition coefficient (Wildman–Crippen LogP) is 4.08. The maximum absolute atomic E-state index is 12.3. The Hall–Kier alpha value is -2.37. The number of carbonyl (C=O) groups is 3. The highest BCUT2D eigenvalue weighted by molar-refractivity contribution is 6.00. The quantitative estimate of drug-likeness (QED) is 0.587. The molecule has 0 saturated heterocycles. The molecule has 0 bridgehead atoms. The van der Waals surface area contributed by atoms with Gasteiger partial charge in [0.1, 0.15) is 0 Å². The molecule has 0 aliphatic heterocycles. The van der Waals surface area contributed by atoms with E-state index >= 15 is 0 Å². The zero-order valence-corrected chi connectivity index (χ0v) is 16.3. The number of carbonyl (C=O) groups excluding carboxylic acids is 3. The van der Waals surface area contributed by atoms with Gasteiger partial charge in [-0.1, -0.05) is 26.7 Å². The molecule has 0 radical (unpaired) electrons. The van der Waals surface area contributed by atoms with Crippen molar-refractivity contribution in [3.05, 3.63) is 23.8 Å². The summed E-state index contributed by atoms with van der Waals surface area (Å²) in [6, 6.07) is 4.93. The first-order valence-electron chi connectivity index (χ1n) is 9.41. The van der Waals surface area contributed by atoms with Gasteiger partial charge >= 0.3 is 0 Å². The van der Waals surface area contributed by atoms with E-state index in [0.717, 1.165) is 25.7 Å². The normalized spacial score (nSPS) is 10.5. The Labute approximate surface area is 156 Å². The molecule has 0 saturated carbocycles. The number of nitrogens with one attached hydrogen (secondary N) is 3. The first kappa shape index (κ1) is 21.7. The van der Waals surface area contributed by atoms with Crippen LogP contribution in [0.4, 0.5) is 11.4 Å². The van der Waals surface area contributed by atoms with Gasteiger partial charge in [0.05, 0.1) is 0 Å².